The van der Waals surface area contributed by atoms with Crippen molar-refractivity contribution in [2.45, 2.75) is 11.4 Å². The number of sulfonamides is 1. The highest BCUT2D eigenvalue weighted by atomic mass is 32.2. The fraction of sp³-hybridized carbons (Fsp3) is 0.0952. The Bertz CT molecular complexity index is 1140. The first kappa shape index (κ1) is 18.1. The summed E-state index contributed by atoms with van der Waals surface area (Å²) in [6.45, 7) is 0.358. The van der Waals surface area contributed by atoms with Gasteiger partial charge in [0.05, 0.1) is 23.3 Å². The Kier molecular flexibility index (Phi) is 4.52. The molecule has 0 aromatic heterocycles. The topological polar surface area (TPSA) is 84.5 Å². The van der Waals surface area contributed by atoms with Crippen LogP contribution in [0.2, 0.25) is 0 Å². The zero-order chi connectivity index (χ0) is 19.7. The van der Waals surface area contributed by atoms with Gasteiger partial charge >= 0.3 is 0 Å². The van der Waals surface area contributed by atoms with Crippen LogP contribution in [0.15, 0.2) is 71.6 Å². The molecule has 0 fully saturated rings. The summed E-state index contributed by atoms with van der Waals surface area (Å²) in [4.78, 5) is 12.5. The minimum absolute atomic E-state index is 0.0904. The monoisotopic (exact) mass is 394 g/mol. The molecule has 0 bridgehead atoms. The number of hydrogen-bond donors (Lipinski definition) is 2. The minimum Gasteiger partial charge on any atom is -0.497 e. The molecule has 0 saturated heterocycles. The van der Waals surface area contributed by atoms with Crippen LogP contribution in [0.3, 0.4) is 0 Å². The molecule has 0 spiro atoms. The summed E-state index contributed by atoms with van der Waals surface area (Å²) >= 11 is 0. The molecule has 0 atom stereocenters. The number of rotatable bonds is 5. The zero-order valence-corrected chi connectivity index (χ0v) is 15.9. The second kappa shape index (κ2) is 7.01. The largest absolute Gasteiger partial charge is 0.497 e. The molecule has 6 nitrogen and oxygen atoms in total. The number of nitrogens with one attached hydrogen (secondary N) is 2. The van der Waals surface area contributed by atoms with Crippen molar-refractivity contribution in [2.24, 2.45) is 0 Å². The fourth-order valence-electron chi connectivity index (χ4n) is 3.28. The van der Waals surface area contributed by atoms with Crippen molar-refractivity contribution in [1.82, 2.24) is 5.32 Å². The third-order valence-electron chi connectivity index (χ3n) is 4.66. The van der Waals surface area contributed by atoms with Crippen molar-refractivity contribution in [3.05, 3.63) is 77.9 Å². The van der Waals surface area contributed by atoms with Gasteiger partial charge in [0.1, 0.15) is 5.75 Å². The number of carbonyl (C=O) groups excluding carboxylic acids is 1. The lowest BCUT2D eigenvalue weighted by Gasteiger charge is -2.14. The Labute approximate surface area is 163 Å². The molecule has 3 aromatic rings. The molecular formula is C21H18N2O4S. The van der Waals surface area contributed by atoms with Crippen molar-refractivity contribution >= 4 is 21.6 Å². The Morgan fingerprint density at radius 3 is 2.36 bits per heavy atom. The summed E-state index contributed by atoms with van der Waals surface area (Å²) in [6.07, 6.45) is 0. The van der Waals surface area contributed by atoms with E-state index < -0.39 is 10.0 Å². The summed E-state index contributed by atoms with van der Waals surface area (Å²) in [5, 5.41) is 2.79. The normalized spacial score (nSPS) is 13.0. The quantitative estimate of drug-likeness (QED) is 0.695. The maximum absolute atomic E-state index is 12.8. The summed E-state index contributed by atoms with van der Waals surface area (Å²) in [6, 6.07) is 19.2. The summed E-state index contributed by atoms with van der Waals surface area (Å²) in [5.74, 6) is 0.270. The molecule has 1 aliphatic rings. The van der Waals surface area contributed by atoms with Crippen LogP contribution >= 0.6 is 0 Å². The maximum atomic E-state index is 12.8. The summed E-state index contributed by atoms with van der Waals surface area (Å²) < 4.78 is 33.2. The van der Waals surface area contributed by atoms with Gasteiger partial charge in [0, 0.05) is 6.54 Å². The molecule has 1 aliphatic heterocycles. The summed E-state index contributed by atoms with van der Waals surface area (Å²) in [7, 11) is -2.33. The van der Waals surface area contributed by atoms with Gasteiger partial charge in [-0.1, -0.05) is 36.4 Å². The number of benzene rings is 3. The van der Waals surface area contributed by atoms with E-state index in [1.54, 1.807) is 18.2 Å². The van der Waals surface area contributed by atoms with E-state index in [1.807, 2.05) is 36.4 Å². The van der Waals surface area contributed by atoms with E-state index in [-0.39, 0.29) is 16.5 Å². The van der Waals surface area contributed by atoms with Crippen LogP contribution in [-0.4, -0.2) is 21.4 Å². The number of ether oxygens (including phenoxy) is 1. The van der Waals surface area contributed by atoms with E-state index >= 15 is 0 Å². The van der Waals surface area contributed by atoms with Gasteiger partial charge in [0.25, 0.3) is 15.9 Å². The fourth-order valence-corrected chi connectivity index (χ4v) is 4.35. The van der Waals surface area contributed by atoms with Crippen LogP contribution in [0.1, 0.15) is 15.9 Å². The summed E-state index contributed by atoms with van der Waals surface area (Å²) in [5.41, 5.74) is 3.28. The van der Waals surface area contributed by atoms with E-state index in [1.165, 1.54) is 19.2 Å². The van der Waals surface area contributed by atoms with Gasteiger partial charge in [-0.3, -0.25) is 9.52 Å². The maximum Gasteiger partial charge on any atom is 0.261 e. The lowest BCUT2D eigenvalue weighted by Crippen LogP contribution is -2.17. The first-order valence-electron chi connectivity index (χ1n) is 8.66. The van der Waals surface area contributed by atoms with Gasteiger partial charge in [-0.2, -0.15) is 0 Å². The number of methoxy groups -OCH3 is 1. The predicted molar refractivity (Wildman–Crippen MR) is 107 cm³/mol. The van der Waals surface area contributed by atoms with E-state index in [4.69, 9.17) is 4.74 Å². The van der Waals surface area contributed by atoms with Crippen molar-refractivity contribution in [3.8, 4) is 16.9 Å². The molecule has 0 radical (unpaired) electrons. The average molecular weight is 394 g/mol. The van der Waals surface area contributed by atoms with E-state index in [0.717, 1.165) is 16.7 Å². The van der Waals surface area contributed by atoms with Crippen molar-refractivity contribution in [2.75, 3.05) is 11.8 Å². The Morgan fingerprint density at radius 2 is 1.68 bits per heavy atom. The molecule has 1 heterocycles. The van der Waals surface area contributed by atoms with Crippen LogP contribution in [-0.2, 0) is 16.6 Å². The lowest BCUT2D eigenvalue weighted by molar-refractivity contribution is 0.0966. The SMILES string of the molecule is COc1ccc(S(=O)(=O)Nc2ccc(-c3ccccc3)c3c2C(=O)NC3)cc1. The Hall–Kier alpha value is -3.32. The van der Waals surface area contributed by atoms with Gasteiger partial charge in [-0.15, -0.1) is 0 Å². The molecule has 4 rings (SSSR count). The van der Waals surface area contributed by atoms with Crippen molar-refractivity contribution < 1.29 is 17.9 Å². The molecule has 142 valence electrons. The number of anilines is 1. The standard InChI is InChI=1S/C21H18N2O4S/c1-27-15-7-9-16(10-8-15)28(25,26)23-19-12-11-17(14-5-3-2-4-6-14)18-13-22-21(24)20(18)19/h2-12,23H,13H2,1H3,(H,22,24). The Balaban J connectivity index is 1.74. The molecular weight excluding hydrogens is 376 g/mol. The van der Waals surface area contributed by atoms with E-state index in [2.05, 4.69) is 10.0 Å². The van der Waals surface area contributed by atoms with Crippen LogP contribution in [0.25, 0.3) is 11.1 Å². The molecule has 0 aliphatic carbocycles. The number of carbonyl (C=O) groups is 1. The third-order valence-corrected chi connectivity index (χ3v) is 6.05. The highest BCUT2D eigenvalue weighted by molar-refractivity contribution is 7.92. The second-order valence-electron chi connectivity index (χ2n) is 6.34. The smallest absolute Gasteiger partial charge is 0.261 e. The van der Waals surface area contributed by atoms with Crippen molar-refractivity contribution in [3.63, 3.8) is 0 Å². The average Bonchev–Trinajstić information content (AvgIpc) is 3.11. The van der Waals surface area contributed by atoms with Gasteiger partial charge in [0.15, 0.2) is 0 Å². The molecule has 0 unspecified atom stereocenters. The van der Waals surface area contributed by atoms with E-state index in [0.29, 0.717) is 17.9 Å². The van der Waals surface area contributed by atoms with Crippen LogP contribution in [0.5, 0.6) is 5.75 Å². The number of fused-ring (bicyclic) bond motifs is 1. The molecule has 28 heavy (non-hydrogen) atoms. The minimum atomic E-state index is -3.85. The molecule has 2 N–H and O–H groups in total. The van der Waals surface area contributed by atoms with Crippen molar-refractivity contribution in [1.29, 1.82) is 0 Å². The van der Waals surface area contributed by atoms with Gasteiger partial charge in [-0.25, -0.2) is 8.42 Å². The highest BCUT2D eigenvalue weighted by Crippen LogP contribution is 2.34. The predicted octanol–water partition coefficient (Wildman–Crippen LogP) is 3.41. The number of amides is 1. The first-order valence-corrected chi connectivity index (χ1v) is 10.1. The van der Waals surface area contributed by atoms with Crippen LogP contribution in [0.4, 0.5) is 5.69 Å². The van der Waals surface area contributed by atoms with Gasteiger partial charge in [0.2, 0.25) is 0 Å². The van der Waals surface area contributed by atoms with Crippen LogP contribution < -0.4 is 14.8 Å². The Morgan fingerprint density at radius 1 is 0.964 bits per heavy atom. The number of hydrogen-bond acceptors (Lipinski definition) is 4. The first-order chi connectivity index (χ1) is 13.5. The molecule has 7 heteroatoms. The second-order valence-corrected chi connectivity index (χ2v) is 8.03. The highest BCUT2D eigenvalue weighted by Gasteiger charge is 2.28. The van der Waals surface area contributed by atoms with Gasteiger partial charge < -0.3 is 10.1 Å². The molecule has 3 aromatic carbocycles. The lowest BCUT2D eigenvalue weighted by atomic mass is 9.96. The molecule has 0 saturated carbocycles. The molecule has 1 amide bonds. The van der Waals surface area contributed by atoms with E-state index in [9.17, 15) is 13.2 Å². The zero-order valence-electron chi connectivity index (χ0n) is 15.1. The van der Waals surface area contributed by atoms with Gasteiger partial charge in [-0.05, 0) is 47.0 Å². The van der Waals surface area contributed by atoms with Crippen LogP contribution in [0, 0.1) is 0 Å². The third kappa shape index (κ3) is 3.20.